The third-order valence-electron chi connectivity index (χ3n) is 2.18. The van der Waals surface area contributed by atoms with E-state index in [1.165, 1.54) is 16.2 Å². The standard InChI is InChI=1S/C10H16N4O2S/c1-6(2)14(5-9(11)13-16)10(15)8-4-12-7(3)17-8/h4,6,16H,5H2,1-3H3,(H2,11,13). The van der Waals surface area contributed by atoms with Gasteiger partial charge in [-0.15, -0.1) is 11.3 Å². The van der Waals surface area contributed by atoms with Crippen molar-refractivity contribution in [2.24, 2.45) is 10.9 Å². The molecule has 1 heterocycles. The van der Waals surface area contributed by atoms with Crippen molar-refractivity contribution in [3.05, 3.63) is 16.1 Å². The minimum absolute atomic E-state index is 0.00767. The number of rotatable bonds is 4. The maximum absolute atomic E-state index is 12.2. The molecule has 1 rings (SSSR count). The lowest BCUT2D eigenvalue weighted by molar-refractivity contribution is 0.0738. The third-order valence-corrected chi connectivity index (χ3v) is 3.08. The molecule has 0 fully saturated rings. The van der Waals surface area contributed by atoms with Crippen LogP contribution < -0.4 is 5.73 Å². The highest BCUT2D eigenvalue weighted by molar-refractivity contribution is 7.13. The number of nitrogens with zero attached hydrogens (tertiary/aromatic N) is 3. The zero-order valence-corrected chi connectivity index (χ0v) is 10.9. The molecule has 0 saturated carbocycles. The van der Waals surface area contributed by atoms with Gasteiger partial charge in [-0.25, -0.2) is 4.98 Å². The normalized spacial score (nSPS) is 11.9. The first-order chi connectivity index (χ1) is 7.95. The summed E-state index contributed by atoms with van der Waals surface area (Å²) in [6.07, 6.45) is 1.55. The van der Waals surface area contributed by atoms with Gasteiger partial charge in [0.05, 0.1) is 17.7 Å². The molecule has 0 aliphatic heterocycles. The minimum atomic E-state index is -0.155. The Morgan fingerprint density at radius 1 is 1.71 bits per heavy atom. The minimum Gasteiger partial charge on any atom is -0.409 e. The van der Waals surface area contributed by atoms with Gasteiger partial charge in [0, 0.05) is 6.04 Å². The number of hydrogen-bond acceptors (Lipinski definition) is 5. The first kappa shape index (κ1) is 13.4. The summed E-state index contributed by atoms with van der Waals surface area (Å²) >= 11 is 1.33. The zero-order chi connectivity index (χ0) is 13.0. The smallest absolute Gasteiger partial charge is 0.266 e. The fraction of sp³-hybridized carbons (Fsp3) is 0.500. The van der Waals surface area contributed by atoms with Crippen LogP contribution in [0, 0.1) is 6.92 Å². The number of hydrogen-bond donors (Lipinski definition) is 2. The molecular formula is C10H16N4O2S. The van der Waals surface area contributed by atoms with Crippen LogP contribution in [0.3, 0.4) is 0 Å². The quantitative estimate of drug-likeness (QED) is 0.364. The first-order valence-corrected chi connectivity index (χ1v) is 5.97. The van der Waals surface area contributed by atoms with E-state index in [4.69, 9.17) is 10.9 Å². The number of carbonyl (C=O) groups excluding carboxylic acids is 1. The molecule has 1 aromatic heterocycles. The summed E-state index contributed by atoms with van der Waals surface area (Å²) in [4.78, 5) is 18.3. The van der Waals surface area contributed by atoms with Crippen LogP contribution in [0.4, 0.5) is 0 Å². The van der Waals surface area contributed by atoms with Gasteiger partial charge in [0.25, 0.3) is 5.91 Å². The molecule has 6 nitrogen and oxygen atoms in total. The fourth-order valence-corrected chi connectivity index (χ4v) is 2.03. The number of nitrogens with two attached hydrogens (primary N) is 1. The van der Waals surface area contributed by atoms with Gasteiger partial charge in [-0.3, -0.25) is 4.79 Å². The number of thiazole rings is 1. The van der Waals surface area contributed by atoms with Crippen LogP contribution in [-0.4, -0.2) is 39.4 Å². The van der Waals surface area contributed by atoms with Crippen molar-refractivity contribution in [1.82, 2.24) is 9.88 Å². The fourth-order valence-electron chi connectivity index (χ4n) is 1.30. The first-order valence-electron chi connectivity index (χ1n) is 5.15. The SMILES string of the molecule is Cc1ncc(C(=O)N(CC(N)=NO)C(C)C)s1. The Morgan fingerprint density at radius 3 is 2.76 bits per heavy atom. The molecule has 0 bridgehead atoms. The molecule has 0 saturated heterocycles. The van der Waals surface area contributed by atoms with Gasteiger partial charge < -0.3 is 15.8 Å². The van der Waals surface area contributed by atoms with Crippen molar-refractivity contribution < 1.29 is 10.0 Å². The maximum Gasteiger partial charge on any atom is 0.266 e. The van der Waals surface area contributed by atoms with Crippen LogP contribution in [0.25, 0.3) is 0 Å². The van der Waals surface area contributed by atoms with Crippen molar-refractivity contribution in [3.63, 3.8) is 0 Å². The highest BCUT2D eigenvalue weighted by Crippen LogP contribution is 2.15. The van der Waals surface area contributed by atoms with Crippen LogP contribution in [0.15, 0.2) is 11.4 Å². The molecule has 3 N–H and O–H groups in total. The van der Waals surface area contributed by atoms with E-state index < -0.39 is 0 Å². The van der Waals surface area contributed by atoms with Crippen molar-refractivity contribution in [2.75, 3.05) is 6.54 Å². The average molecular weight is 256 g/mol. The van der Waals surface area contributed by atoms with E-state index in [0.717, 1.165) is 5.01 Å². The highest BCUT2D eigenvalue weighted by Gasteiger charge is 2.21. The Morgan fingerprint density at radius 2 is 2.35 bits per heavy atom. The molecule has 0 aliphatic carbocycles. The second-order valence-electron chi connectivity index (χ2n) is 3.86. The summed E-state index contributed by atoms with van der Waals surface area (Å²) < 4.78 is 0. The van der Waals surface area contributed by atoms with Crippen molar-refractivity contribution >= 4 is 23.1 Å². The van der Waals surface area contributed by atoms with E-state index in [1.807, 2.05) is 20.8 Å². The highest BCUT2D eigenvalue weighted by atomic mass is 32.1. The topological polar surface area (TPSA) is 91.8 Å². The van der Waals surface area contributed by atoms with E-state index in [-0.39, 0.29) is 24.3 Å². The summed E-state index contributed by atoms with van der Waals surface area (Å²) in [6.45, 7) is 5.68. The maximum atomic E-state index is 12.2. The lowest BCUT2D eigenvalue weighted by Crippen LogP contribution is -2.42. The second kappa shape index (κ2) is 5.62. The molecule has 0 unspecified atom stereocenters. The number of amidine groups is 1. The van der Waals surface area contributed by atoms with Gasteiger partial charge in [0.1, 0.15) is 4.88 Å². The van der Waals surface area contributed by atoms with Crippen LogP contribution in [0.2, 0.25) is 0 Å². The molecule has 0 atom stereocenters. The Labute approximate surface area is 104 Å². The molecule has 0 spiro atoms. The van der Waals surface area contributed by atoms with Gasteiger partial charge in [-0.1, -0.05) is 5.16 Å². The number of aryl methyl sites for hydroxylation is 1. The summed E-state index contributed by atoms with van der Waals surface area (Å²) in [5.41, 5.74) is 5.43. The Balaban J connectivity index is 2.88. The van der Waals surface area contributed by atoms with Crippen LogP contribution >= 0.6 is 11.3 Å². The molecule has 17 heavy (non-hydrogen) atoms. The van der Waals surface area contributed by atoms with Gasteiger partial charge in [-0.2, -0.15) is 0 Å². The van der Waals surface area contributed by atoms with E-state index >= 15 is 0 Å². The van der Waals surface area contributed by atoms with Gasteiger partial charge in [0.2, 0.25) is 0 Å². The summed E-state index contributed by atoms with van der Waals surface area (Å²) in [6, 6.07) is -0.0368. The summed E-state index contributed by atoms with van der Waals surface area (Å²) in [5.74, 6) is -0.148. The van der Waals surface area contributed by atoms with Crippen LogP contribution in [0.1, 0.15) is 28.5 Å². The summed E-state index contributed by atoms with van der Waals surface area (Å²) in [5, 5.41) is 12.3. The molecule has 1 amide bonds. The number of aromatic nitrogens is 1. The Hall–Kier alpha value is -1.63. The lowest BCUT2D eigenvalue weighted by atomic mass is 10.3. The van der Waals surface area contributed by atoms with Crippen LogP contribution in [0.5, 0.6) is 0 Å². The van der Waals surface area contributed by atoms with Gasteiger partial charge in [-0.05, 0) is 20.8 Å². The lowest BCUT2D eigenvalue weighted by Gasteiger charge is -2.25. The molecular weight excluding hydrogens is 240 g/mol. The Kier molecular flexibility index (Phi) is 4.45. The van der Waals surface area contributed by atoms with Gasteiger partial charge in [0.15, 0.2) is 5.84 Å². The molecule has 94 valence electrons. The van der Waals surface area contributed by atoms with E-state index in [1.54, 1.807) is 6.20 Å². The van der Waals surface area contributed by atoms with E-state index in [0.29, 0.717) is 4.88 Å². The average Bonchev–Trinajstić information content (AvgIpc) is 2.71. The molecule has 0 aromatic carbocycles. The third kappa shape index (κ3) is 3.42. The van der Waals surface area contributed by atoms with Crippen molar-refractivity contribution in [2.45, 2.75) is 26.8 Å². The monoisotopic (exact) mass is 256 g/mol. The van der Waals surface area contributed by atoms with Crippen LogP contribution in [-0.2, 0) is 0 Å². The largest absolute Gasteiger partial charge is 0.409 e. The molecule has 0 radical (unpaired) electrons. The zero-order valence-electron chi connectivity index (χ0n) is 10.0. The predicted octanol–water partition coefficient (Wildman–Crippen LogP) is 1.05. The van der Waals surface area contributed by atoms with Crippen molar-refractivity contribution in [3.8, 4) is 0 Å². The molecule has 0 aliphatic rings. The summed E-state index contributed by atoms with van der Waals surface area (Å²) in [7, 11) is 0. The number of carbonyl (C=O) groups is 1. The van der Waals surface area contributed by atoms with E-state index in [2.05, 4.69) is 10.1 Å². The number of amides is 1. The Bertz CT molecular complexity index is 428. The van der Waals surface area contributed by atoms with E-state index in [9.17, 15) is 4.79 Å². The molecule has 7 heteroatoms. The number of oxime groups is 1. The van der Waals surface area contributed by atoms with Crippen molar-refractivity contribution in [1.29, 1.82) is 0 Å². The second-order valence-corrected chi connectivity index (χ2v) is 5.10. The van der Waals surface area contributed by atoms with Gasteiger partial charge >= 0.3 is 0 Å². The predicted molar refractivity (Wildman–Crippen MR) is 66.4 cm³/mol. The molecule has 1 aromatic rings.